The average molecular weight is 231 g/mol. The summed E-state index contributed by atoms with van der Waals surface area (Å²) >= 11 is 1.43. The molecule has 0 atom stereocenters. The van der Waals surface area contributed by atoms with Crippen molar-refractivity contribution in [2.45, 2.75) is 18.9 Å². The standard InChI is InChI=1S/C12H13N3S/c13-11-7-12(16-15-11)14-10-5-8-3-1-2-4-9(8)6-10/h1-4,7,10,14H,5-6H2,(H2,13,15). The molecule has 82 valence electrons. The van der Waals surface area contributed by atoms with E-state index in [4.69, 9.17) is 5.73 Å². The van der Waals surface area contributed by atoms with E-state index in [1.165, 1.54) is 22.7 Å². The molecule has 1 aromatic carbocycles. The molecule has 0 fully saturated rings. The maximum Gasteiger partial charge on any atom is 0.139 e. The van der Waals surface area contributed by atoms with Gasteiger partial charge in [-0.3, -0.25) is 0 Å². The van der Waals surface area contributed by atoms with E-state index in [0.717, 1.165) is 17.8 Å². The Morgan fingerprint density at radius 2 is 1.94 bits per heavy atom. The van der Waals surface area contributed by atoms with Gasteiger partial charge in [0.2, 0.25) is 0 Å². The second kappa shape index (κ2) is 3.79. The Kier molecular flexibility index (Phi) is 2.29. The van der Waals surface area contributed by atoms with Gasteiger partial charge in [-0.25, -0.2) is 0 Å². The molecule has 0 aliphatic heterocycles. The van der Waals surface area contributed by atoms with Crippen molar-refractivity contribution in [1.82, 2.24) is 4.37 Å². The first-order valence-electron chi connectivity index (χ1n) is 5.37. The number of nitrogen functional groups attached to an aromatic ring is 1. The summed E-state index contributed by atoms with van der Waals surface area (Å²) in [5, 5.41) is 4.55. The lowest BCUT2D eigenvalue weighted by atomic mass is 10.1. The maximum absolute atomic E-state index is 5.60. The van der Waals surface area contributed by atoms with Gasteiger partial charge in [0.25, 0.3) is 0 Å². The molecule has 1 aliphatic rings. The molecular formula is C12H13N3S. The Morgan fingerprint density at radius 3 is 2.50 bits per heavy atom. The summed E-state index contributed by atoms with van der Waals surface area (Å²) in [6, 6.07) is 11.0. The molecule has 0 radical (unpaired) electrons. The number of fused-ring (bicyclic) bond motifs is 1. The summed E-state index contributed by atoms with van der Waals surface area (Å²) in [7, 11) is 0. The van der Waals surface area contributed by atoms with E-state index in [1.807, 2.05) is 6.07 Å². The van der Waals surface area contributed by atoms with E-state index in [9.17, 15) is 0 Å². The maximum atomic E-state index is 5.60. The largest absolute Gasteiger partial charge is 0.383 e. The Bertz CT molecular complexity index is 481. The summed E-state index contributed by atoms with van der Waals surface area (Å²) < 4.78 is 4.06. The monoisotopic (exact) mass is 231 g/mol. The van der Waals surface area contributed by atoms with Crippen molar-refractivity contribution in [3.63, 3.8) is 0 Å². The van der Waals surface area contributed by atoms with E-state index < -0.39 is 0 Å². The van der Waals surface area contributed by atoms with Crippen LogP contribution in [0.4, 0.5) is 10.8 Å². The van der Waals surface area contributed by atoms with E-state index in [1.54, 1.807) is 0 Å². The van der Waals surface area contributed by atoms with Crippen LogP contribution in [-0.2, 0) is 12.8 Å². The smallest absolute Gasteiger partial charge is 0.139 e. The van der Waals surface area contributed by atoms with Crippen LogP contribution in [0.3, 0.4) is 0 Å². The summed E-state index contributed by atoms with van der Waals surface area (Å²) in [5.41, 5.74) is 8.51. The fourth-order valence-electron chi connectivity index (χ4n) is 2.22. The molecular weight excluding hydrogens is 218 g/mol. The number of rotatable bonds is 2. The summed E-state index contributed by atoms with van der Waals surface area (Å²) in [4.78, 5) is 0. The second-order valence-corrected chi connectivity index (χ2v) is 4.94. The molecule has 0 saturated heterocycles. The topological polar surface area (TPSA) is 50.9 Å². The van der Waals surface area contributed by atoms with Crippen molar-refractivity contribution in [3.8, 4) is 0 Å². The number of nitrogens with one attached hydrogen (secondary N) is 1. The number of hydrogen-bond acceptors (Lipinski definition) is 4. The third-order valence-electron chi connectivity index (χ3n) is 2.93. The first kappa shape index (κ1) is 9.66. The minimum absolute atomic E-state index is 0.484. The van der Waals surface area contributed by atoms with Gasteiger partial charge in [-0.2, -0.15) is 4.37 Å². The lowest BCUT2D eigenvalue weighted by Gasteiger charge is -2.10. The van der Waals surface area contributed by atoms with Crippen LogP contribution in [0.2, 0.25) is 0 Å². The molecule has 16 heavy (non-hydrogen) atoms. The highest BCUT2D eigenvalue weighted by Gasteiger charge is 2.20. The van der Waals surface area contributed by atoms with Crippen LogP contribution in [0.25, 0.3) is 0 Å². The molecule has 2 aromatic rings. The molecule has 0 unspecified atom stereocenters. The third-order valence-corrected chi connectivity index (χ3v) is 3.66. The van der Waals surface area contributed by atoms with Crippen molar-refractivity contribution < 1.29 is 0 Å². The number of nitrogens with two attached hydrogens (primary N) is 1. The van der Waals surface area contributed by atoms with Gasteiger partial charge in [-0.05, 0) is 35.5 Å². The molecule has 0 spiro atoms. The summed E-state index contributed by atoms with van der Waals surface area (Å²) in [6.45, 7) is 0. The van der Waals surface area contributed by atoms with E-state index in [2.05, 4.69) is 34.0 Å². The van der Waals surface area contributed by atoms with Crippen molar-refractivity contribution in [1.29, 1.82) is 0 Å². The van der Waals surface area contributed by atoms with Gasteiger partial charge in [0, 0.05) is 12.1 Å². The average Bonchev–Trinajstić information content (AvgIpc) is 2.84. The van der Waals surface area contributed by atoms with E-state index >= 15 is 0 Å². The van der Waals surface area contributed by atoms with Crippen molar-refractivity contribution in [3.05, 3.63) is 41.5 Å². The minimum atomic E-state index is 0.484. The predicted octanol–water partition coefficient (Wildman–Crippen LogP) is 2.30. The highest BCUT2D eigenvalue weighted by Crippen LogP contribution is 2.26. The van der Waals surface area contributed by atoms with Gasteiger partial charge < -0.3 is 11.1 Å². The zero-order valence-corrected chi connectivity index (χ0v) is 9.63. The highest BCUT2D eigenvalue weighted by atomic mass is 32.1. The molecule has 1 heterocycles. The van der Waals surface area contributed by atoms with Crippen LogP contribution in [0.1, 0.15) is 11.1 Å². The molecule has 3 nitrogen and oxygen atoms in total. The summed E-state index contributed by atoms with van der Waals surface area (Å²) in [5.74, 6) is 0.600. The number of aromatic nitrogens is 1. The number of hydrogen-bond donors (Lipinski definition) is 2. The zero-order valence-electron chi connectivity index (χ0n) is 8.81. The molecule has 1 aromatic heterocycles. The molecule has 0 saturated carbocycles. The van der Waals surface area contributed by atoms with Crippen molar-refractivity contribution in [2.24, 2.45) is 0 Å². The first-order valence-corrected chi connectivity index (χ1v) is 6.14. The Labute approximate surface area is 98.5 Å². The molecule has 3 rings (SSSR count). The lowest BCUT2D eigenvalue weighted by molar-refractivity contribution is 0.777. The Morgan fingerprint density at radius 1 is 1.25 bits per heavy atom. The number of benzene rings is 1. The quantitative estimate of drug-likeness (QED) is 0.834. The molecule has 3 N–H and O–H groups in total. The molecule has 1 aliphatic carbocycles. The lowest BCUT2D eigenvalue weighted by Crippen LogP contribution is -2.18. The summed E-state index contributed by atoms with van der Waals surface area (Å²) in [6.07, 6.45) is 2.18. The molecule has 0 amide bonds. The van der Waals surface area contributed by atoms with Crippen LogP contribution < -0.4 is 11.1 Å². The van der Waals surface area contributed by atoms with Gasteiger partial charge in [-0.15, -0.1) is 0 Å². The zero-order chi connectivity index (χ0) is 11.0. The Balaban J connectivity index is 1.72. The first-order chi connectivity index (χ1) is 7.81. The third kappa shape index (κ3) is 1.76. The number of nitrogens with zero attached hydrogens (tertiary/aromatic N) is 1. The van der Waals surface area contributed by atoms with Gasteiger partial charge in [0.05, 0.1) is 0 Å². The predicted molar refractivity (Wildman–Crippen MR) is 67.8 cm³/mol. The van der Waals surface area contributed by atoms with Crippen molar-refractivity contribution in [2.75, 3.05) is 11.1 Å². The van der Waals surface area contributed by atoms with Crippen LogP contribution in [0, 0.1) is 0 Å². The van der Waals surface area contributed by atoms with Crippen LogP contribution >= 0.6 is 11.5 Å². The van der Waals surface area contributed by atoms with Gasteiger partial charge in [-0.1, -0.05) is 24.3 Å². The van der Waals surface area contributed by atoms with E-state index in [0.29, 0.717) is 11.9 Å². The molecule has 0 bridgehead atoms. The van der Waals surface area contributed by atoms with Crippen LogP contribution in [-0.4, -0.2) is 10.4 Å². The molecule has 4 heteroatoms. The number of anilines is 2. The minimum Gasteiger partial charge on any atom is -0.383 e. The van der Waals surface area contributed by atoms with Gasteiger partial charge >= 0.3 is 0 Å². The Hall–Kier alpha value is -1.55. The van der Waals surface area contributed by atoms with Crippen LogP contribution in [0.5, 0.6) is 0 Å². The van der Waals surface area contributed by atoms with E-state index in [-0.39, 0.29) is 0 Å². The normalized spacial score (nSPS) is 15.0. The van der Waals surface area contributed by atoms with Gasteiger partial charge in [0.1, 0.15) is 10.8 Å². The second-order valence-electron chi connectivity index (χ2n) is 4.13. The fourth-order valence-corrected chi connectivity index (χ4v) is 2.87. The SMILES string of the molecule is Nc1cc(NC2Cc3ccccc3C2)sn1. The highest BCUT2D eigenvalue weighted by molar-refractivity contribution is 7.10. The van der Waals surface area contributed by atoms with Crippen molar-refractivity contribution >= 4 is 22.4 Å². The van der Waals surface area contributed by atoms with Crippen LogP contribution in [0.15, 0.2) is 30.3 Å². The van der Waals surface area contributed by atoms with Gasteiger partial charge in [0.15, 0.2) is 0 Å². The fraction of sp³-hybridized carbons (Fsp3) is 0.250.